The largest absolute Gasteiger partial charge is 0.247 e. The van der Waals surface area contributed by atoms with E-state index >= 15 is 0 Å². The Balaban J connectivity index is 2.16. The van der Waals surface area contributed by atoms with E-state index in [-0.39, 0.29) is 0 Å². The van der Waals surface area contributed by atoms with Gasteiger partial charge in [0.05, 0.1) is 11.4 Å². The van der Waals surface area contributed by atoms with Gasteiger partial charge in [0.25, 0.3) is 0 Å². The maximum Gasteiger partial charge on any atom is 0.0859 e. The highest BCUT2D eigenvalue weighted by molar-refractivity contribution is 5.12. The lowest BCUT2D eigenvalue weighted by molar-refractivity contribution is 0.320. The Morgan fingerprint density at radius 3 is 2.53 bits per heavy atom. The minimum Gasteiger partial charge on any atom is -0.247 e. The van der Waals surface area contributed by atoms with E-state index in [1.54, 1.807) is 0 Å². The summed E-state index contributed by atoms with van der Waals surface area (Å²) in [4.78, 5) is 0. The predicted molar refractivity (Wildman–Crippen MR) is 70.0 cm³/mol. The van der Waals surface area contributed by atoms with E-state index in [1.165, 1.54) is 30.7 Å². The second-order valence-electron chi connectivity index (χ2n) is 5.96. The number of fused-ring (bicyclic) bond motifs is 1. The molecule has 1 heterocycles. The van der Waals surface area contributed by atoms with Crippen LogP contribution in [0.4, 0.5) is 0 Å². The summed E-state index contributed by atoms with van der Waals surface area (Å²) in [5.41, 5.74) is 2.64. The Labute approximate surface area is 105 Å². The highest BCUT2D eigenvalue weighted by atomic mass is 15.4. The van der Waals surface area contributed by atoms with Gasteiger partial charge in [0.2, 0.25) is 0 Å². The van der Waals surface area contributed by atoms with Crippen molar-refractivity contribution in [1.82, 2.24) is 15.0 Å². The van der Waals surface area contributed by atoms with Crippen molar-refractivity contribution in [3.63, 3.8) is 0 Å². The summed E-state index contributed by atoms with van der Waals surface area (Å²) in [6.07, 6.45) is 6.20. The average Bonchev–Trinajstić information content (AvgIpc) is 2.59. The quantitative estimate of drug-likeness (QED) is 0.786. The fourth-order valence-corrected chi connectivity index (χ4v) is 2.88. The molecule has 17 heavy (non-hydrogen) atoms. The molecule has 3 nitrogen and oxygen atoms in total. The lowest BCUT2D eigenvalue weighted by Crippen LogP contribution is -2.15. The first-order chi connectivity index (χ1) is 8.09. The van der Waals surface area contributed by atoms with Gasteiger partial charge in [-0.3, -0.25) is 0 Å². The van der Waals surface area contributed by atoms with E-state index in [4.69, 9.17) is 0 Å². The number of hydrogen-bond acceptors (Lipinski definition) is 2. The third kappa shape index (κ3) is 2.70. The Bertz CT molecular complexity index is 366. The van der Waals surface area contributed by atoms with E-state index in [0.29, 0.717) is 6.04 Å². The van der Waals surface area contributed by atoms with Gasteiger partial charge in [0, 0.05) is 6.04 Å². The number of aromatic nitrogens is 3. The number of hydrogen-bond donors (Lipinski definition) is 0. The summed E-state index contributed by atoms with van der Waals surface area (Å²) in [5.74, 6) is 1.67. The van der Waals surface area contributed by atoms with E-state index in [0.717, 1.165) is 24.7 Å². The third-order valence-corrected chi connectivity index (χ3v) is 4.04. The van der Waals surface area contributed by atoms with Crippen LogP contribution in [0.2, 0.25) is 0 Å². The first-order valence-corrected chi connectivity index (χ1v) is 7.02. The van der Waals surface area contributed by atoms with Crippen LogP contribution in [0.15, 0.2) is 0 Å². The molecule has 1 atom stereocenters. The summed E-state index contributed by atoms with van der Waals surface area (Å²) >= 11 is 0. The minimum atomic E-state index is 0.437. The van der Waals surface area contributed by atoms with Crippen molar-refractivity contribution in [3.8, 4) is 0 Å². The molecule has 0 aromatic carbocycles. The molecule has 0 N–H and O–H groups in total. The van der Waals surface area contributed by atoms with Crippen molar-refractivity contribution in [2.75, 3.05) is 0 Å². The zero-order chi connectivity index (χ0) is 12.4. The van der Waals surface area contributed by atoms with Gasteiger partial charge >= 0.3 is 0 Å². The summed E-state index contributed by atoms with van der Waals surface area (Å²) < 4.78 is 2.12. The van der Waals surface area contributed by atoms with Crippen molar-refractivity contribution in [1.29, 1.82) is 0 Å². The maximum absolute atomic E-state index is 4.39. The zero-order valence-electron chi connectivity index (χ0n) is 11.6. The molecule has 0 saturated heterocycles. The normalized spacial score (nSPS) is 21.4. The highest BCUT2D eigenvalue weighted by Gasteiger charge is 2.21. The summed E-state index contributed by atoms with van der Waals surface area (Å²) in [7, 11) is 0. The van der Waals surface area contributed by atoms with Gasteiger partial charge in [-0.25, -0.2) is 4.68 Å². The molecule has 2 rings (SSSR count). The Morgan fingerprint density at radius 1 is 1.12 bits per heavy atom. The van der Waals surface area contributed by atoms with Crippen molar-refractivity contribution in [2.24, 2.45) is 11.8 Å². The summed E-state index contributed by atoms with van der Waals surface area (Å²) in [6, 6.07) is 0.437. The van der Waals surface area contributed by atoms with Crippen LogP contribution in [0.3, 0.4) is 0 Å². The molecule has 0 aliphatic heterocycles. The van der Waals surface area contributed by atoms with Gasteiger partial charge in [-0.1, -0.05) is 19.1 Å². The topological polar surface area (TPSA) is 30.7 Å². The number of nitrogens with zero attached hydrogens (tertiary/aromatic N) is 3. The molecular weight excluding hydrogens is 210 g/mol. The van der Waals surface area contributed by atoms with Crippen LogP contribution in [0, 0.1) is 11.8 Å². The van der Waals surface area contributed by atoms with E-state index < -0.39 is 0 Å². The lowest BCUT2D eigenvalue weighted by atomic mass is 9.84. The molecule has 1 aromatic heterocycles. The van der Waals surface area contributed by atoms with Gasteiger partial charge < -0.3 is 0 Å². The number of rotatable bonds is 2. The SMILES string of the molecule is CC(C)C1CCCc2c(nnn2C(C)C)CC1. The van der Waals surface area contributed by atoms with Gasteiger partial charge in [-0.15, -0.1) is 5.10 Å². The van der Waals surface area contributed by atoms with Crippen LogP contribution in [-0.2, 0) is 12.8 Å². The fourth-order valence-electron chi connectivity index (χ4n) is 2.88. The van der Waals surface area contributed by atoms with Gasteiger partial charge in [0.1, 0.15) is 0 Å². The van der Waals surface area contributed by atoms with Gasteiger partial charge in [-0.05, 0) is 57.8 Å². The monoisotopic (exact) mass is 235 g/mol. The molecular formula is C14H25N3. The van der Waals surface area contributed by atoms with E-state index in [2.05, 4.69) is 42.7 Å². The predicted octanol–water partition coefficient (Wildman–Crippen LogP) is 3.40. The first-order valence-electron chi connectivity index (χ1n) is 7.02. The Kier molecular flexibility index (Phi) is 3.85. The van der Waals surface area contributed by atoms with Crippen molar-refractivity contribution in [3.05, 3.63) is 11.4 Å². The van der Waals surface area contributed by atoms with Gasteiger partial charge in [0.15, 0.2) is 0 Å². The second-order valence-corrected chi connectivity index (χ2v) is 5.96. The minimum absolute atomic E-state index is 0.437. The van der Waals surface area contributed by atoms with Crippen LogP contribution in [0.5, 0.6) is 0 Å². The zero-order valence-corrected chi connectivity index (χ0v) is 11.6. The molecule has 1 aromatic rings. The third-order valence-electron chi connectivity index (χ3n) is 4.04. The van der Waals surface area contributed by atoms with Crippen LogP contribution in [-0.4, -0.2) is 15.0 Å². The maximum atomic E-state index is 4.39. The van der Waals surface area contributed by atoms with Crippen LogP contribution < -0.4 is 0 Å². The smallest absolute Gasteiger partial charge is 0.0859 e. The summed E-state index contributed by atoms with van der Waals surface area (Å²) in [5, 5.41) is 8.70. The van der Waals surface area contributed by atoms with Crippen LogP contribution >= 0.6 is 0 Å². The first kappa shape index (κ1) is 12.6. The van der Waals surface area contributed by atoms with Crippen molar-refractivity contribution >= 4 is 0 Å². The molecule has 3 heteroatoms. The molecule has 0 bridgehead atoms. The van der Waals surface area contributed by atoms with Gasteiger partial charge in [-0.2, -0.15) is 0 Å². The lowest BCUT2D eigenvalue weighted by Gasteiger charge is -2.23. The Morgan fingerprint density at radius 2 is 1.88 bits per heavy atom. The standard InChI is InChI=1S/C14H25N3/c1-10(2)12-6-5-7-14-13(9-8-12)15-16-17(14)11(3)4/h10-12H,5-9H2,1-4H3. The van der Waals surface area contributed by atoms with Crippen LogP contribution in [0.1, 0.15) is 64.4 Å². The number of aryl methyl sites for hydroxylation is 1. The molecule has 0 radical (unpaired) electrons. The molecule has 1 aliphatic rings. The summed E-state index contributed by atoms with van der Waals surface area (Å²) in [6.45, 7) is 9.06. The fraction of sp³-hybridized carbons (Fsp3) is 0.857. The average molecular weight is 235 g/mol. The molecule has 96 valence electrons. The molecule has 1 unspecified atom stereocenters. The van der Waals surface area contributed by atoms with Crippen molar-refractivity contribution < 1.29 is 0 Å². The second kappa shape index (κ2) is 5.19. The van der Waals surface area contributed by atoms with Crippen molar-refractivity contribution in [2.45, 2.75) is 65.8 Å². The molecule has 0 fully saturated rings. The highest BCUT2D eigenvalue weighted by Crippen LogP contribution is 2.28. The van der Waals surface area contributed by atoms with E-state index in [9.17, 15) is 0 Å². The molecule has 0 amide bonds. The Hall–Kier alpha value is -0.860. The van der Waals surface area contributed by atoms with Crippen LogP contribution in [0.25, 0.3) is 0 Å². The molecule has 0 saturated carbocycles. The molecule has 1 aliphatic carbocycles. The van der Waals surface area contributed by atoms with E-state index in [1.807, 2.05) is 0 Å². The molecule has 0 spiro atoms.